The van der Waals surface area contributed by atoms with Crippen LogP contribution in [0.15, 0.2) is 47.5 Å². The zero-order valence-electron chi connectivity index (χ0n) is 16.2. The van der Waals surface area contributed by atoms with Crippen LogP contribution in [0, 0.1) is 0 Å². The summed E-state index contributed by atoms with van der Waals surface area (Å²) in [5.74, 6) is -1.54. The summed E-state index contributed by atoms with van der Waals surface area (Å²) < 4.78 is 5.06. The van der Waals surface area contributed by atoms with Crippen LogP contribution in [0.25, 0.3) is 12.2 Å². The number of phenols is 4. The van der Waals surface area contributed by atoms with E-state index in [0.717, 1.165) is 0 Å². The normalized spacial score (nSPS) is 16.8. The lowest BCUT2D eigenvalue weighted by atomic mass is 9.94. The Morgan fingerprint density at radius 2 is 1.37 bits per heavy atom. The first-order valence-corrected chi connectivity index (χ1v) is 9.20. The Morgan fingerprint density at radius 1 is 0.900 bits per heavy atom. The van der Waals surface area contributed by atoms with Crippen LogP contribution < -0.4 is 0 Å². The standard InChI is InChI=1S/C22H21NO7/c1-2-30-22(29)23-11-15(7-13-3-5-17(24)19(26)9-13)21(28)16(12-23)8-14-4-6-18(25)20(27)10-14/h3-10,24-27H,2,11-12H2,1H3/b15-7+,16-8+. The number of amides is 1. The largest absolute Gasteiger partial charge is 0.504 e. The number of hydrogen-bond acceptors (Lipinski definition) is 7. The molecule has 2 aromatic carbocycles. The van der Waals surface area contributed by atoms with Crippen LogP contribution in [0.1, 0.15) is 18.1 Å². The summed E-state index contributed by atoms with van der Waals surface area (Å²) in [7, 11) is 0. The van der Waals surface area contributed by atoms with Crippen molar-refractivity contribution in [2.45, 2.75) is 6.92 Å². The van der Waals surface area contributed by atoms with Crippen molar-refractivity contribution in [1.29, 1.82) is 0 Å². The maximum absolute atomic E-state index is 13.0. The number of aromatic hydroxyl groups is 4. The molecule has 0 aromatic heterocycles. The molecule has 0 bridgehead atoms. The number of rotatable bonds is 3. The summed E-state index contributed by atoms with van der Waals surface area (Å²) in [5.41, 5.74) is 1.52. The van der Waals surface area contributed by atoms with Gasteiger partial charge in [-0.05, 0) is 54.5 Å². The molecule has 1 aliphatic heterocycles. The van der Waals surface area contributed by atoms with Crippen molar-refractivity contribution in [1.82, 2.24) is 4.90 Å². The molecule has 2 aromatic rings. The molecule has 1 aliphatic rings. The summed E-state index contributed by atoms with van der Waals surface area (Å²) >= 11 is 0. The van der Waals surface area contributed by atoms with Crippen LogP contribution in [0.5, 0.6) is 23.0 Å². The molecule has 8 nitrogen and oxygen atoms in total. The molecule has 30 heavy (non-hydrogen) atoms. The van der Waals surface area contributed by atoms with E-state index < -0.39 is 6.09 Å². The molecule has 4 N–H and O–H groups in total. The molecule has 1 amide bonds. The van der Waals surface area contributed by atoms with E-state index in [1.54, 1.807) is 6.92 Å². The van der Waals surface area contributed by atoms with E-state index in [1.165, 1.54) is 53.5 Å². The van der Waals surface area contributed by atoms with Gasteiger partial charge in [0, 0.05) is 11.1 Å². The molecular formula is C22H21NO7. The number of ketones is 1. The number of phenolic OH excluding ortho intramolecular Hbond substituents is 4. The van der Waals surface area contributed by atoms with Crippen LogP contribution in [-0.4, -0.2) is 56.9 Å². The van der Waals surface area contributed by atoms with Crippen molar-refractivity contribution in [2.75, 3.05) is 19.7 Å². The highest BCUT2D eigenvalue weighted by molar-refractivity contribution is 6.15. The first-order chi connectivity index (χ1) is 14.3. The second-order valence-electron chi connectivity index (χ2n) is 6.72. The summed E-state index contributed by atoms with van der Waals surface area (Å²) in [5, 5.41) is 38.3. The van der Waals surface area contributed by atoms with Crippen molar-refractivity contribution < 1.29 is 34.8 Å². The van der Waals surface area contributed by atoms with Crippen LogP contribution in [0.4, 0.5) is 4.79 Å². The molecule has 0 aliphatic carbocycles. The van der Waals surface area contributed by atoms with Crippen molar-refractivity contribution >= 4 is 24.0 Å². The van der Waals surface area contributed by atoms with Crippen LogP contribution >= 0.6 is 0 Å². The summed E-state index contributed by atoms with van der Waals surface area (Å²) in [4.78, 5) is 26.7. The smallest absolute Gasteiger partial charge is 0.410 e. The van der Waals surface area contributed by atoms with Crippen LogP contribution in [0.2, 0.25) is 0 Å². The molecule has 0 radical (unpaired) electrons. The maximum Gasteiger partial charge on any atom is 0.410 e. The third-order valence-corrected chi connectivity index (χ3v) is 4.51. The van der Waals surface area contributed by atoms with E-state index >= 15 is 0 Å². The Kier molecular flexibility index (Phi) is 5.96. The first-order valence-electron chi connectivity index (χ1n) is 9.20. The SMILES string of the molecule is CCOC(=O)N1C/C(=C\c2ccc(O)c(O)c2)C(=O)/C(=C/c2ccc(O)c(O)c2)C1. The van der Waals surface area contributed by atoms with Gasteiger partial charge in [0.25, 0.3) is 0 Å². The van der Waals surface area contributed by atoms with Crippen molar-refractivity contribution in [3.05, 3.63) is 58.7 Å². The average molecular weight is 411 g/mol. The summed E-state index contributed by atoms with van der Waals surface area (Å²) in [6, 6.07) is 8.27. The maximum atomic E-state index is 13.0. The molecule has 8 heteroatoms. The lowest BCUT2D eigenvalue weighted by molar-refractivity contribution is -0.113. The van der Waals surface area contributed by atoms with Gasteiger partial charge in [0.15, 0.2) is 28.8 Å². The molecule has 0 atom stereocenters. The van der Waals surface area contributed by atoms with Crippen molar-refractivity contribution in [2.24, 2.45) is 0 Å². The third kappa shape index (κ3) is 4.54. The lowest BCUT2D eigenvalue weighted by Gasteiger charge is -2.29. The van der Waals surface area contributed by atoms with E-state index in [-0.39, 0.29) is 59.6 Å². The topological polar surface area (TPSA) is 128 Å². The Balaban J connectivity index is 2.01. The Morgan fingerprint density at radius 3 is 1.77 bits per heavy atom. The summed E-state index contributed by atoms with van der Waals surface area (Å²) in [6.07, 6.45) is 2.47. The van der Waals surface area contributed by atoms with Crippen LogP contribution in [-0.2, 0) is 9.53 Å². The second kappa shape index (κ2) is 8.60. The fourth-order valence-corrected chi connectivity index (χ4v) is 3.05. The molecule has 3 rings (SSSR count). The van der Waals surface area contributed by atoms with Gasteiger partial charge in [-0.3, -0.25) is 9.69 Å². The summed E-state index contributed by atoms with van der Waals surface area (Å²) in [6.45, 7) is 1.88. The molecule has 0 spiro atoms. The predicted molar refractivity (Wildman–Crippen MR) is 109 cm³/mol. The van der Waals surface area contributed by atoms with Gasteiger partial charge in [-0.1, -0.05) is 12.1 Å². The van der Waals surface area contributed by atoms with E-state index in [9.17, 15) is 30.0 Å². The van der Waals surface area contributed by atoms with Gasteiger partial charge in [-0.2, -0.15) is 0 Å². The Labute approximate surface area is 172 Å². The average Bonchev–Trinajstić information content (AvgIpc) is 2.70. The van der Waals surface area contributed by atoms with Gasteiger partial charge in [-0.25, -0.2) is 4.79 Å². The fourth-order valence-electron chi connectivity index (χ4n) is 3.05. The van der Waals surface area contributed by atoms with Gasteiger partial charge in [0.2, 0.25) is 0 Å². The highest BCUT2D eigenvalue weighted by atomic mass is 16.6. The minimum absolute atomic E-state index is 0.0114. The molecule has 1 saturated heterocycles. The van der Waals surface area contributed by atoms with Crippen molar-refractivity contribution in [3.8, 4) is 23.0 Å². The minimum Gasteiger partial charge on any atom is -0.504 e. The second-order valence-corrected chi connectivity index (χ2v) is 6.72. The van der Waals surface area contributed by atoms with Gasteiger partial charge in [0.05, 0.1) is 19.7 Å². The highest BCUT2D eigenvalue weighted by Gasteiger charge is 2.30. The molecule has 156 valence electrons. The number of benzene rings is 2. The molecule has 1 fully saturated rings. The monoisotopic (exact) mass is 411 g/mol. The number of likely N-dealkylation sites (tertiary alicyclic amines) is 1. The number of nitrogens with zero attached hydrogens (tertiary/aromatic N) is 1. The zero-order chi connectivity index (χ0) is 21.8. The van der Waals surface area contributed by atoms with Gasteiger partial charge >= 0.3 is 6.09 Å². The number of hydrogen-bond donors (Lipinski definition) is 4. The lowest BCUT2D eigenvalue weighted by Crippen LogP contribution is -2.41. The number of piperidine rings is 1. The van der Waals surface area contributed by atoms with Gasteiger partial charge < -0.3 is 25.2 Å². The molecule has 0 saturated carbocycles. The van der Waals surface area contributed by atoms with Gasteiger partial charge in [0.1, 0.15) is 0 Å². The van der Waals surface area contributed by atoms with E-state index in [0.29, 0.717) is 11.1 Å². The number of Topliss-reactive ketones (excluding diaryl/α,β-unsaturated/α-hetero) is 1. The Bertz CT molecular complexity index is 982. The van der Waals surface area contributed by atoms with Gasteiger partial charge in [-0.15, -0.1) is 0 Å². The minimum atomic E-state index is -0.580. The number of carbonyl (C=O) groups excluding carboxylic acids is 2. The fraction of sp³-hybridized carbons (Fsp3) is 0.182. The Hall–Kier alpha value is -3.94. The quantitative estimate of drug-likeness (QED) is 0.451. The first kappa shape index (κ1) is 20.8. The van der Waals surface area contributed by atoms with Crippen molar-refractivity contribution in [3.63, 3.8) is 0 Å². The molecule has 0 unspecified atom stereocenters. The molecular weight excluding hydrogens is 390 g/mol. The predicted octanol–water partition coefficient (Wildman–Crippen LogP) is 3.02. The van der Waals surface area contributed by atoms with E-state index in [4.69, 9.17) is 4.74 Å². The third-order valence-electron chi connectivity index (χ3n) is 4.51. The highest BCUT2D eigenvalue weighted by Crippen LogP contribution is 2.29. The molecule has 1 heterocycles. The van der Waals surface area contributed by atoms with E-state index in [2.05, 4.69) is 0 Å². The van der Waals surface area contributed by atoms with Crippen LogP contribution in [0.3, 0.4) is 0 Å². The van der Waals surface area contributed by atoms with E-state index in [1.807, 2.05) is 0 Å². The zero-order valence-corrected chi connectivity index (χ0v) is 16.2. The number of carbonyl (C=O) groups is 2. The number of ether oxygens (including phenoxy) is 1.